The number of carbonyl (C=O) groups is 1. The Bertz CT molecular complexity index is 1250. The molecule has 5 N–H and O–H groups in total. The van der Waals surface area contributed by atoms with Gasteiger partial charge in [-0.2, -0.15) is 0 Å². The standard InChI is InChI=1S/C24H25FN4O3/c25-21-18(28-9-8-27-17-10-15(17)13-4-2-1-3-5-13)11-19-20(22(21)26)23(30)16(24(31)32)12-29(19)14-6-7-14/h1-5,11-12,14-15,17,27-28H,6-10,26H2,(H,31,32)/t15-,17+/m0/s1. The van der Waals surface area contributed by atoms with Crippen LogP contribution in [0.4, 0.5) is 15.8 Å². The zero-order valence-electron chi connectivity index (χ0n) is 17.5. The van der Waals surface area contributed by atoms with Crippen molar-refractivity contribution in [3.8, 4) is 0 Å². The van der Waals surface area contributed by atoms with Crippen molar-refractivity contribution in [3.63, 3.8) is 0 Å². The van der Waals surface area contributed by atoms with E-state index in [1.54, 1.807) is 10.6 Å². The highest BCUT2D eigenvalue weighted by molar-refractivity contribution is 5.99. The average molecular weight is 436 g/mol. The number of anilines is 2. The van der Waals surface area contributed by atoms with Crippen molar-refractivity contribution < 1.29 is 14.3 Å². The molecule has 32 heavy (non-hydrogen) atoms. The SMILES string of the molecule is Nc1c(F)c(NCCN[C@@H]2C[C@H]2c2ccccc2)cc2c1c(=O)c(C(=O)O)cn2C1CC1. The van der Waals surface area contributed by atoms with Gasteiger partial charge in [0.15, 0.2) is 5.82 Å². The van der Waals surface area contributed by atoms with Gasteiger partial charge in [-0.3, -0.25) is 4.79 Å². The highest BCUT2D eigenvalue weighted by atomic mass is 19.1. The first-order valence-corrected chi connectivity index (χ1v) is 10.9. The van der Waals surface area contributed by atoms with Crippen LogP contribution in [0.25, 0.3) is 10.9 Å². The predicted molar refractivity (Wildman–Crippen MR) is 122 cm³/mol. The number of benzene rings is 2. The molecular formula is C24H25FN4O3. The predicted octanol–water partition coefficient (Wildman–Crippen LogP) is 3.31. The van der Waals surface area contributed by atoms with Gasteiger partial charge in [0, 0.05) is 37.3 Å². The Hall–Kier alpha value is -3.39. The fraction of sp³-hybridized carbons (Fsp3) is 0.333. The second-order valence-corrected chi connectivity index (χ2v) is 8.60. The minimum Gasteiger partial charge on any atom is -0.477 e. The molecule has 8 heteroatoms. The van der Waals surface area contributed by atoms with Crippen LogP contribution in [0.3, 0.4) is 0 Å². The van der Waals surface area contributed by atoms with Crippen molar-refractivity contribution in [1.82, 2.24) is 9.88 Å². The van der Waals surface area contributed by atoms with Crippen LogP contribution in [-0.4, -0.2) is 34.8 Å². The molecule has 166 valence electrons. The van der Waals surface area contributed by atoms with Crippen molar-refractivity contribution in [2.24, 2.45) is 0 Å². The van der Waals surface area contributed by atoms with Gasteiger partial charge in [-0.15, -0.1) is 0 Å². The maximum absolute atomic E-state index is 15.0. The van der Waals surface area contributed by atoms with Crippen LogP contribution in [0, 0.1) is 5.82 Å². The summed E-state index contributed by atoms with van der Waals surface area (Å²) in [6.45, 7) is 1.14. The van der Waals surface area contributed by atoms with E-state index >= 15 is 0 Å². The van der Waals surface area contributed by atoms with Crippen molar-refractivity contribution in [2.45, 2.75) is 37.3 Å². The van der Waals surface area contributed by atoms with Gasteiger partial charge in [0.1, 0.15) is 5.56 Å². The van der Waals surface area contributed by atoms with Gasteiger partial charge < -0.3 is 26.0 Å². The summed E-state index contributed by atoms with van der Waals surface area (Å²) in [6, 6.07) is 12.4. The van der Waals surface area contributed by atoms with Crippen LogP contribution in [0.5, 0.6) is 0 Å². The van der Waals surface area contributed by atoms with Gasteiger partial charge in [0.05, 0.1) is 22.3 Å². The van der Waals surface area contributed by atoms with E-state index in [0.29, 0.717) is 30.6 Å². The van der Waals surface area contributed by atoms with E-state index in [-0.39, 0.29) is 22.8 Å². The van der Waals surface area contributed by atoms with E-state index in [1.165, 1.54) is 11.8 Å². The van der Waals surface area contributed by atoms with E-state index in [1.807, 2.05) is 18.2 Å². The molecule has 1 heterocycles. The zero-order chi connectivity index (χ0) is 22.4. The first kappa shape index (κ1) is 20.5. The van der Waals surface area contributed by atoms with Crippen LogP contribution in [0.2, 0.25) is 0 Å². The van der Waals surface area contributed by atoms with E-state index in [4.69, 9.17) is 5.73 Å². The zero-order valence-corrected chi connectivity index (χ0v) is 17.5. The third-order valence-electron chi connectivity index (χ3n) is 6.33. The number of nitrogens with two attached hydrogens (primary N) is 1. The number of pyridine rings is 1. The molecule has 0 radical (unpaired) electrons. The third-order valence-corrected chi connectivity index (χ3v) is 6.33. The lowest BCUT2D eigenvalue weighted by Gasteiger charge is -2.16. The Kier molecular flexibility index (Phi) is 5.09. The van der Waals surface area contributed by atoms with Crippen LogP contribution in [0.15, 0.2) is 47.4 Å². The van der Waals surface area contributed by atoms with Crippen LogP contribution >= 0.6 is 0 Å². The number of rotatable bonds is 8. The van der Waals surface area contributed by atoms with Gasteiger partial charge in [-0.05, 0) is 30.9 Å². The number of hydrogen-bond acceptors (Lipinski definition) is 5. The molecule has 3 aromatic rings. The van der Waals surface area contributed by atoms with Crippen molar-refractivity contribution in [3.05, 3.63) is 69.8 Å². The quantitative estimate of drug-likeness (QED) is 0.319. The van der Waals surface area contributed by atoms with Gasteiger partial charge in [-0.25, -0.2) is 9.18 Å². The summed E-state index contributed by atoms with van der Waals surface area (Å²) in [6.07, 6.45) is 4.20. The van der Waals surface area contributed by atoms with Gasteiger partial charge in [-0.1, -0.05) is 30.3 Å². The molecule has 0 aliphatic heterocycles. The lowest BCUT2D eigenvalue weighted by molar-refractivity contribution is 0.0695. The van der Waals surface area contributed by atoms with E-state index in [0.717, 1.165) is 19.3 Å². The number of carboxylic acids is 1. The second kappa shape index (κ2) is 7.94. The highest BCUT2D eigenvalue weighted by Crippen LogP contribution is 2.41. The van der Waals surface area contributed by atoms with E-state index in [2.05, 4.69) is 22.8 Å². The maximum atomic E-state index is 15.0. The summed E-state index contributed by atoms with van der Waals surface area (Å²) < 4.78 is 16.7. The smallest absolute Gasteiger partial charge is 0.341 e. The summed E-state index contributed by atoms with van der Waals surface area (Å²) in [5.41, 5.74) is 6.53. The lowest BCUT2D eigenvalue weighted by atomic mass is 10.1. The number of nitrogens with zero attached hydrogens (tertiary/aromatic N) is 1. The summed E-state index contributed by atoms with van der Waals surface area (Å²) in [4.78, 5) is 24.2. The monoisotopic (exact) mass is 436 g/mol. The lowest BCUT2D eigenvalue weighted by Crippen LogP contribution is -2.25. The number of hydrogen-bond donors (Lipinski definition) is 4. The Morgan fingerprint density at radius 3 is 2.66 bits per heavy atom. The van der Waals surface area contributed by atoms with Crippen LogP contribution in [-0.2, 0) is 0 Å². The number of fused-ring (bicyclic) bond motifs is 1. The maximum Gasteiger partial charge on any atom is 0.341 e. The molecule has 0 amide bonds. The number of aromatic carboxylic acids is 1. The number of nitrogens with one attached hydrogen (secondary N) is 2. The Balaban J connectivity index is 1.33. The normalized spacial score (nSPS) is 19.8. The molecule has 2 aliphatic rings. The minimum absolute atomic E-state index is 0.0679. The molecule has 0 spiro atoms. The number of carboxylic acid groups (broad SMARTS) is 1. The van der Waals surface area contributed by atoms with E-state index in [9.17, 15) is 19.1 Å². The first-order chi connectivity index (χ1) is 15.5. The number of nitrogen functional groups attached to an aromatic ring is 1. The first-order valence-electron chi connectivity index (χ1n) is 10.9. The molecule has 2 aromatic carbocycles. The molecule has 1 aromatic heterocycles. The summed E-state index contributed by atoms with van der Waals surface area (Å²) >= 11 is 0. The Morgan fingerprint density at radius 2 is 1.97 bits per heavy atom. The molecule has 2 saturated carbocycles. The second-order valence-electron chi connectivity index (χ2n) is 8.60. The number of aromatic nitrogens is 1. The molecule has 2 aliphatic carbocycles. The van der Waals surface area contributed by atoms with Crippen molar-refractivity contribution in [1.29, 1.82) is 0 Å². The van der Waals surface area contributed by atoms with Gasteiger partial charge in [0.2, 0.25) is 5.43 Å². The molecule has 0 saturated heterocycles. The Labute approximate surface area is 184 Å². The van der Waals surface area contributed by atoms with Gasteiger partial charge in [0.25, 0.3) is 0 Å². The molecule has 7 nitrogen and oxygen atoms in total. The fourth-order valence-corrected chi connectivity index (χ4v) is 4.39. The summed E-state index contributed by atoms with van der Waals surface area (Å²) in [7, 11) is 0. The van der Waals surface area contributed by atoms with Crippen LogP contribution < -0.4 is 21.8 Å². The molecule has 2 fully saturated rings. The molecule has 2 atom stereocenters. The van der Waals surface area contributed by atoms with E-state index < -0.39 is 22.8 Å². The third kappa shape index (κ3) is 3.71. The molecule has 0 unspecified atom stereocenters. The molecule has 0 bridgehead atoms. The fourth-order valence-electron chi connectivity index (χ4n) is 4.39. The van der Waals surface area contributed by atoms with Crippen molar-refractivity contribution >= 4 is 28.2 Å². The largest absolute Gasteiger partial charge is 0.477 e. The topological polar surface area (TPSA) is 109 Å². The molecular weight excluding hydrogens is 411 g/mol. The summed E-state index contributed by atoms with van der Waals surface area (Å²) in [5, 5.41) is 15.9. The minimum atomic E-state index is -1.34. The molecule has 5 rings (SSSR count). The number of halogens is 1. The Morgan fingerprint density at radius 1 is 1.22 bits per heavy atom. The summed E-state index contributed by atoms with van der Waals surface area (Å²) in [5.74, 6) is -1.55. The highest BCUT2D eigenvalue weighted by Gasteiger charge is 2.37. The van der Waals surface area contributed by atoms with Gasteiger partial charge >= 0.3 is 5.97 Å². The van der Waals surface area contributed by atoms with Crippen LogP contribution in [0.1, 0.15) is 47.1 Å². The van der Waals surface area contributed by atoms with Crippen molar-refractivity contribution in [2.75, 3.05) is 24.1 Å². The average Bonchev–Trinajstić information content (AvgIpc) is 3.70.